The van der Waals surface area contributed by atoms with Gasteiger partial charge in [0.1, 0.15) is 0 Å². The Morgan fingerprint density at radius 1 is 1.00 bits per heavy atom. The second-order valence-electron chi connectivity index (χ2n) is 8.62. The first-order chi connectivity index (χ1) is 13.3. The zero-order chi connectivity index (χ0) is 20.1. The number of hydrogen-bond donors (Lipinski definition) is 0. The number of Topliss-reactive ketones (excluding diaryl/α,β-unsaturated/α-hetero) is 1. The fourth-order valence-corrected chi connectivity index (χ4v) is 4.67. The number of anilines is 1. The Morgan fingerprint density at radius 3 is 2.36 bits per heavy atom. The maximum Gasteiger partial charge on any atom is 0.232 e. The maximum absolute atomic E-state index is 13.3. The summed E-state index contributed by atoms with van der Waals surface area (Å²) in [7, 11) is 0. The molecule has 144 valence electrons. The van der Waals surface area contributed by atoms with Gasteiger partial charge >= 0.3 is 0 Å². The van der Waals surface area contributed by atoms with Crippen molar-refractivity contribution in [1.82, 2.24) is 0 Å². The molecule has 2 aromatic carbocycles. The molecular formula is C24H24ClNO2. The minimum Gasteiger partial charge on any atom is -0.294 e. The third kappa shape index (κ3) is 3.29. The van der Waals surface area contributed by atoms with Crippen molar-refractivity contribution in [2.75, 3.05) is 4.90 Å². The van der Waals surface area contributed by atoms with E-state index in [2.05, 4.69) is 13.8 Å². The van der Waals surface area contributed by atoms with Crippen molar-refractivity contribution in [2.24, 2.45) is 5.41 Å². The van der Waals surface area contributed by atoms with Gasteiger partial charge in [-0.05, 0) is 54.2 Å². The summed E-state index contributed by atoms with van der Waals surface area (Å²) in [6.45, 7) is 6.23. The molecule has 0 fully saturated rings. The Kier molecular flexibility index (Phi) is 4.67. The first-order valence-electron chi connectivity index (χ1n) is 9.67. The average Bonchev–Trinajstić information content (AvgIpc) is 2.61. The van der Waals surface area contributed by atoms with E-state index in [1.807, 2.05) is 43.3 Å². The van der Waals surface area contributed by atoms with Crippen molar-refractivity contribution >= 4 is 29.0 Å². The van der Waals surface area contributed by atoms with Crippen LogP contribution in [0.25, 0.3) is 0 Å². The van der Waals surface area contributed by atoms with Gasteiger partial charge in [0.05, 0.1) is 0 Å². The molecule has 1 aliphatic heterocycles. The molecule has 28 heavy (non-hydrogen) atoms. The molecule has 1 aliphatic carbocycles. The minimum absolute atomic E-state index is 0.0276. The summed E-state index contributed by atoms with van der Waals surface area (Å²) in [4.78, 5) is 28.3. The Labute approximate surface area is 171 Å². The third-order valence-corrected chi connectivity index (χ3v) is 6.04. The molecule has 0 saturated heterocycles. The monoisotopic (exact) mass is 393 g/mol. The zero-order valence-electron chi connectivity index (χ0n) is 16.5. The highest BCUT2D eigenvalue weighted by Crippen LogP contribution is 2.48. The van der Waals surface area contributed by atoms with Gasteiger partial charge in [-0.1, -0.05) is 49.7 Å². The number of carbonyl (C=O) groups excluding carboxylic acids is 2. The second-order valence-corrected chi connectivity index (χ2v) is 9.06. The van der Waals surface area contributed by atoms with Crippen molar-refractivity contribution in [3.05, 3.63) is 76.0 Å². The first kappa shape index (κ1) is 18.9. The quantitative estimate of drug-likeness (QED) is 0.645. The third-order valence-electron chi connectivity index (χ3n) is 5.79. The number of amides is 1. The molecule has 4 heteroatoms. The largest absolute Gasteiger partial charge is 0.294 e. The lowest BCUT2D eigenvalue weighted by Crippen LogP contribution is -2.43. The lowest BCUT2D eigenvalue weighted by atomic mass is 9.69. The summed E-state index contributed by atoms with van der Waals surface area (Å²) in [5.41, 5.74) is 4.46. The van der Waals surface area contributed by atoms with Gasteiger partial charge in [-0.25, -0.2) is 0 Å². The Morgan fingerprint density at radius 2 is 1.68 bits per heavy atom. The summed E-state index contributed by atoms with van der Waals surface area (Å²) >= 11 is 6.04. The number of allylic oxidation sites excluding steroid dienone is 2. The lowest BCUT2D eigenvalue weighted by molar-refractivity contribution is -0.121. The van der Waals surface area contributed by atoms with Crippen LogP contribution in [0.5, 0.6) is 0 Å². The molecule has 1 amide bonds. The standard InChI is InChI=1S/C24H24ClNO2/c1-15-6-4-5-7-18(15)19-12-22(28)26(17-10-8-16(25)9-11-17)20-13-24(2,3)14-21(27)23(19)20/h4-11,19H,12-14H2,1-3H3. The SMILES string of the molecule is Cc1ccccc1C1CC(=O)N(c2ccc(Cl)cc2)C2=C1C(=O)CC(C)(C)C2. The van der Waals surface area contributed by atoms with Gasteiger partial charge in [-0.2, -0.15) is 0 Å². The topological polar surface area (TPSA) is 37.4 Å². The summed E-state index contributed by atoms with van der Waals surface area (Å²) in [5, 5.41) is 0.625. The molecule has 4 rings (SSSR count). The summed E-state index contributed by atoms with van der Waals surface area (Å²) in [5.74, 6) is 0.0154. The molecule has 0 bridgehead atoms. The van der Waals surface area contributed by atoms with Crippen LogP contribution in [0.15, 0.2) is 59.8 Å². The predicted octanol–water partition coefficient (Wildman–Crippen LogP) is 5.81. The van der Waals surface area contributed by atoms with E-state index in [0.29, 0.717) is 24.3 Å². The Balaban J connectivity index is 1.91. The molecule has 0 saturated carbocycles. The highest BCUT2D eigenvalue weighted by molar-refractivity contribution is 6.30. The lowest BCUT2D eigenvalue weighted by Gasteiger charge is -2.43. The van der Waals surface area contributed by atoms with Crippen LogP contribution in [0.2, 0.25) is 5.02 Å². The van der Waals surface area contributed by atoms with Crippen LogP contribution in [0.4, 0.5) is 5.69 Å². The fourth-order valence-electron chi connectivity index (χ4n) is 4.55. The number of ketones is 1. The van der Waals surface area contributed by atoms with E-state index in [4.69, 9.17) is 11.6 Å². The Hall–Kier alpha value is -2.39. The van der Waals surface area contributed by atoms with Crippen LogP contribution >= 0.6 is 11.6 Å². The second kappa shape index (κ2) is 6.89. The number of rotatable bonds is 2. The molecule has 0 spiro atoms. The molecular weight excluding hydrogens is 370 g/mol. The van der Waals surface area contributed by atoms with Crippen molar-refractivity contribution in [1.29, 1.82) is 0 Å². The number of hydrogen-bond acceptors (Lipinski definition) is 2. The van der Waals surface area contributed by atoms with Gasteiger partial charge in [0, 0.05) is 40.7 Å². The van der Waals surface area contributed by atoms with E-state index in [-0.39, 0.29) is 23.0 Å². The summed E-state index contributed by atoms with van der Waals surface area (Å²) < 4.78 is 0. The molecule has 1 heterocycles. The smallest absolute Gasteiger partial charge is 0.232 e. The van der Waals surface area contributed by atoms with Gasteiger partial charge in [0.25, 0.3) is 0 Å². The van der Waals surface area contributed by atoms with Crippen LogP contribution in [0.1, 0.15) is 50.2 Å². The molecule has 0 aromatic heterocycles. The molecule has 2 aliphatic rings. The fraction of sp³-hybridized carbons (Fsp3) is 0.333. The van der Waals surface area contributed by atoms with E-state index in [1.54, 1.807) is 17.0 Å². The van der Waals surface area contributed by atoms with Gasteiger partial charge in [-0.3, -0.25) is 14.5 Å². The van der Waals surface area contributed by atoms with E-state index in [9.17, 15) is 9.59 Å². The molecule has 3 nitrogen and oxygen atoms in total. The van der Waals surface area contributed by atoms with Crippen LogP contribution in [-0.4, -0.2) is 11.7 Å². The van der Waals surface area contributed by atoms with Crippen LogP contribution in [0, 0.1) is 12.3 Å². The van der Waals surface area contributed by atoms with Crippen LogP contribution in [0.3, 0.4) is 0 Å². The highest BCUT2D eigenvalue weighted by Gasteiger charge is 2.44. The van der Waals surface area contributed by atoms with Gasteiger partial charge in [0.15, 0.2) is 5.78 Å². The van der Waals surface area contributed by atoms with Crippen molar-refractivity contribution in [3.63, 3.8) is 0 Å². The zero-order valence-corrected chi connectivity index (χ0v) is 17.2. The number of carbonyl (C=O) groups is 2. The van der Waals surface area contributed by atoms with E-state index in [1.165, 1.54) is 0 Å². The van der Waals surface area contributed by atoms with Crippen molar-refractivity contribution < 1.29 is 9.59 Å². The van der Waals surface area contributed by atoms with E-state index < -0.39 is 0 Å². The number of nitrogens with zero attached hydrogens (tertiary/aromatic N) is 1. The first-order valence-corrected chi connectivity index (χ1v) is 10.0. The molecule has 1 atom stereocenters. The number of halogens is 1. The molecule has 1 unspecified atom stereocenters. The van der Waals surface area contributed by atoms with Crippen LogP contribution in [-0.2, 0) is 9.59 Å². The number of aryl methyl sites for hydroxylation is 1. The normalized spacial score (nSPS) is 21.7. The summed E-state index contributed by atoms with van der Waals surface area (Å²) in [6.07, 6.45) is 1.51. The van der Waals surface area contributed by atoms with Gasteiger partial charge < -0.3 is 0 Å². The highest BCUT2D eigenvalue weighted by atomic mass is 35.5. The van der Waals surface area contributed by atoms with Crippen molar-refractivity contribution in [2.45, 2.75) is 46.0 Å². The summed E-state index contributed by atoms with van der Waals surface area (Å²) in [6, 6.07) is 15.3. The van der Waals surface area contributed by atoms with Gasteiger partial charge in [0.2, 0.25) is 5.91 Å². The van der Waals surface area contributed by atoms with Crippen LogP contribution < -0.4 is 4.90 Å². The molecule has 0 radical (unpaired) electrons. The van der Waals surface area contributed by atoms with E-state index in [0.717, 1.165) is 28.1 Å². The predicted molar refractivity (Wildman–Crippen MR) is 113 cm³/mol. The van der Waals surface area contributed by atoms with Crippen molar-refractivity contribution in [3.8, 4) is 0 Å². The van der Waals surface area contributed by atoms with Gasteiger partial charge in [-0.15, -0.1) is 0 Å². The molecule has 0 N–H and O–H groups in total. The Bertz CT molecular complexity index is 988. The van der Waals surface area contributed by atoms with E-state index >= 15 is 0 Å². The minimum atomic E-state index is -0.172. The molecule has 2 aromatic rings. The average molecular weight is 394 g/mol. The number of benzene rings is 2. The maximum atomic E-state index is 13.3.